The van der Waals surface area contributed by atoms with Gasteiger partial charge in [-0.05, 0) is 24.1 Å². The van der Waals surface area contributed by atoms with Gasteiger partial charge in [-0.25, -0.2) is 4.98 Å². The molecule has 2 heterocycles. The molecule has 0 amide bonds. The van der Waals surface area contributed by atoms with Crippen molar-refractivity contribution in [1.29, 1.82) is 0 Å². The summed E-state index contributed by atoms with van der Waals surface area (Å²) in [6, 6.07) is 7.97. The van der Waals surface area contributed by atoms with Crippen LogP contribution in [0.2, 0.25) is 0 Å². The molecule has 0 aliphatic rings. The van der Waals surface area contributed by atoms with E-state index in [1.54, 1.807) is 0 Å². The summed E-state index contributed by atoms with van der Waals surface area (Å²) in [4.78, 5) is 25.4. The van der Waals surface area contributed by atoms with Crippen molar-refractivity contribution in [2.24, 2.45) is 0 Å². The third-order valence-electron chi connectivity index (χ3n) is 2.89. The number of imidazole rings is 1. The Kier molecular flexibility index (Phi) is 2.75. The maximum Gasteiger partial charge on any atom is 0.278 e. The molecule has 3 aromatic rings. The molecule has 3 rings (SSSR count). The number of H-pyrrole nitrogens is 2. The predicted octanol–water partition coefficient (Wildman–Crippen LogP) is 1.95. The molecule has 2 aromatic heterocycles. The smallest absolute Gasteiger partial charge is 0.278 e. The lowest BCUT2D eigenvalue weighted by Crippen LogP contribution is -2.11. The van der Waals surface area contributed by atoms with E-state index in [9.17, 15) is 4.79 Å². The number of hydrogen-bond acceptors (Lipinski definition) is 4. The lowest BCUT2D eigenvalue weighted by Gasteiger charge is -2.06. The largest absolute Gasteiger partial charge is 0.339 e. The summed E-state index contributed by atoms with van der Waals surface area (Å²) < 4.78 is 0. The van der Waals surface area contributed by atoms with Crippen LogP contribution in [0.3, 0.4) is 0 Å². The Balaban J connectivity index is 1.98. The Morgan fingerprint density at radius 3 is 3.11 bits per heavy atom. The van der Waals surface area contributed by atoms with Gasteiger partial charge in [0.25, 0.3) is 5.56 Å². The molecule has 0 fully saturated rings. The van der Waals surface area contributed by atoms with Gasteiger partial charge in [0.2, 0.25) is 5.95 Å². The third kappa shape index (κ3) is 2.20. The number of anilines is 2. The standard InChI is InChI=1S/C13H13N5O/c1-2-8-4-3-5-9(6-8)16-13-17-11-10(12(19)18-13)14-7-15-11/h3-7H,2H2,1H3,(H3,14,15,16,17,18,19). The summed E-state index contributed by atoms with van der Waals surface area (Å²) in [5.74, 6) is 0.387. The molecule has 96 valence electrons. The number of nitrogens with one attached hydrogen (secondary N) is 3. The topological polar surface area (TPSA) is 86.5 Å². The summed E-state index contributed by atoms with van der Waals surface area (Å²) in [5, 5.41) is 3.08. The summed E-state index contributed by atoms with van der Waals surface area (Å²) in [7, 11) is 0. The fourth-order valence-electron chi connectivity index (χ4n) is 1.91. The fourth-order valence-corrected chi connectivity index (χ4v) is 1.91. The molecule has 0 unspecified atom stereocenters. The van der Waals surface area contributed by atoms with Crippen molar-refractivity contribution in [3.8, 4) is 0 Å². The number of aromatic amines is 2. The van der Waals surface area contributed by atoms with E-state index in [1.807, 2.05) is 18.2 Å². The van der Waals surface area contributed by atoms with Crippen LogP contribution in [0.4, 0.5) is 11.6 Å². The lowest BCUT2D eigenvalue weighted by molar-refractivity contribution is 1.13. The maximum absolute atomic E-state index is 11.8. The van der Waals surface area contributed by atoms with Gasteiger partial charge >= 0.3 is 0 Å². The first-order valence-corrected chi connectivity index (χ1v) is 6.05. The van der Waals surface area contributed by atoms with Crippen LogP contribution < -0.4 is 10.9 Å². The predicted molar refractivity (Wildman–Crippen MR) is 73.6 cm³/mol. The average Bonchev–Trinajstić information content (AvgIpc) is 2.88. The van der Waals surface area contributed by atoms with E-state index < -0.39 is 0 Å². The van der Waals surface area contributed by atoms with Crippen LogP contribution in [0, 0.1) is 0 Å². The molecule has 0 bridgehead atoms. The second kappa shape index (κ2) is 4.56. The van der Waals surface area contributed by atoms with Crippen LogP contribution in [0.25, 0.3) is 11.2 Å². The number of hydrogen-bond donors (Lipinski definition) is 3. The molecule has 0 saturated carbocycles. The number of aryl methyl sites for hydroxylation is 1. The first kappa shape index (κ1) is 11.5. The summed E-state index contributed by atoms with van der Waals surface area (Å²) >= 11 is 0. The highest BCUT2D eigenvalue weighted by Crippen LogP contribution is 2.15. The quantitative estimate of drug-likeness (QED) is 0.667. The second-order valence-corrected chi connectivity index (χ2v) is 4.19. The zero-order chi connectivity index (χ0) is 13.2. The molecule has 0 radical (unpaired) electrons. The highest BCUT2D eigenvalue weighted by atomic mass is 16.1. The Labute approximate surface area is 108 Å². The van der Waals surface area contributed by atoms with Gasteiger partial charge in [0.15, 0.2) is 11.2 Å². The molecule has 6 nitrogen and oxygen atoms in total. The lowest BCUT2D eigenvalue weighted by atomic mass is 10.1. The number of nitrogens with zero attached hydrogens (tertiary/aromatic N) is 2. The fraction of sp³-hybridized carbons (Fsp3) is 0.154. The maximum atomic E-state index is 11.8. The Morgan fingerprint density at radius 1 is 1.37 bits per heavy atom. The molecule has 0 saturated heterocycles. The number of rotatable bonds is 3. The minimum absolute atomic E-state index is 0.239. The number of benzene rings is 1. The molecule has 19 heavy (non-hydrogen) atoms. The van der Waals surface area contributed by atoms with Crippen LogP contribution in [0.15, 0.2) is 35.4 Å². The SMILES string of the molecule is CCc1cccc(Nc2nc3nc[nH]c3c(=O)[nH]2)c1. The first-order valence-electron chi connectivity index (χ1n) is 6.05. The van der Waals surface area contributed by atoms with Gasteiger partial charge in [-0.1, -0.05) is 19.1 Å². The van der Waals surface area contributed by atoms with E-state index in [1.165, 1.54) is 11.9 Å². The summed E-state index contributed by atoms with van der Waals surface area (Å²) in [6.07, 6.45) is 2.41. The van der Waals surface area contributed by atoms with Gasteiger partial charge in [-0.15, -0.1) is 0 Å². The monoisotopic (exact) mass is 255 g/mol. The van der Waals surface area contributed by atoms with E-state index in [0.717, 1.165) is 12.1 Å². The van der Waals surface area contributed by atoms with Crippen molar-refractivity contribution < 1.29 is 0 Å². The average molecular weight is 255 g/mol. The Hall–Kier alpha value is -2.63. The number of aromatic nitrogens is 4. The highest BCUT2D eigenvalue weighted by Gasteiger charge is 2.05. The van der Waals surface area contributed by atoms with Crippen molar-refractivity contribution in [2.75, 3.05) is 5.32 Å². The van der Waals surface area contributed by atoms with Crippen LogP contribution in [0.1, 0.15) is 12.5 Å². The molecular formula is C13H13N5O. The third-order valence-corrected chi connectivity index (χ3v) is 2.89. The van der Waals surface area contributed by atoms with E-state index in [2.05, 4.69) is 38.2 Å². The Bertz CT molecular complexity index is 774. The van der Waals surface area contributed by atoms with Gasteiger partial charge in [0.05, 0.1) is 6.33 Å². The van der Waals surface area contributed by atoms with Crippen molar-refractivity contribution in [2.45, 2.75) is 13.3 Å². The summed E-state index contributed by atoms with van der Waals surface area (Å²) in [5.41, 5.74) is 2.65. The van der Waals surface area contributed by atoms with Crippen molar-refractivity contribution >= 4 is 22.8 Å². The van der Waals surface area contributed by atoms with E-state index in [0.29, 0.717) is 17.1 Å². The van der Waals surface area contributed by atoms with Crippen molar-refractivity contribution in [3.63, 3.8) is 0 Å². The van der Waals surface area contributed by atoms with Gasteiger partial charge in [-0.3, -0.25) is 9.78 Å². The minimum Gasteiger partial charge on any atom is -0.339 e. The van der Waals surface area contributed by atoms with Crippen LogP contribution >= 0.6 is 0 Å². The zero-order valence-corrected chi connectivity index (χ0v) is 10.4. The molecule has 6 heteroatoms. The summed E-state index contributed by atoms with van der Waals surface area (Å²) in [6.45, 7) is 2.09. The van der Waals surface area contributed by atoms with Gasteiger partial charge in [0, 0.05) is 5.69 Å². The van der Waals surface area contributed by atoms with Crippen LogP contribution in [-0.4, -0.2) is 19.9 Å². The molecule has 1 aromatic carbocycles. The molecule has 3 N–H and O–H groups in total. The first-order chi connectivity index (χ1) is 9.26. The van der Waals surface area contributed by atoms with Crippen molar-refractivity contribution in [3.05, 3.63) is 46.5 Å². The molecular weight excluding hydrogens is 242 g/mol. The molecule has 0 aliphatic carbocycles. The minimum atomic E-state index is -0.239. The van der Waals surface area contributed by atoms with Crippen molar-refractivity contribution in [1.82, 2.24) is 19.9 Å². The highest BCUT2D eigenvalue weighted by molar-refractivity contribution is 5.70. The molecule has 0 spiro atoms. The molecule has 0 aliphatic heterocycles. The second-order valence-electron chi connectivity index (χ2n) is 4.19. The van der Waals surface area contributed by atoms with Crippen LogP contribution in [0.5, 0.6) is 0 Å². The van der Waals surface area contributed by atoms with Gasteiger partial charge in [-0.2, -0.15) is 4.98 Å². The van der Waals surface area contributed by atoms with E-state index in [-0.39, 0.29) is 5.56 Å². The van der Waals surface area contributed by atoms with Gasteiger partial charge < -0.3 is 10.3 Å². The molecule has 0 atom stereocenters. The Morgan fingerprint density at radius 2 is 2.26 bits per heavy atom. The van der Waals surface area contributed by atoms with Crippen LogP contribution in [-0.2, 0) is 6.42 Å². The normalized spacial score (nSPS) is 10.8. The van der Waals surface area contributed by atoms with E-state index >= 15 is 0 Å². The number of fused-ring (bicyclic) bond motifs is 1. The zero-order valence-electron chi connectivity index (χ0n) is 10.4. The van der Waals surface area contributed by atoms with Gasteiger partial charge in [0.1, 0.15) is 0 Å². The van der Waals surface area contributed by atoms with E-state index in [4.69, 9.17) is 0 Å².